The molecule has 1 amide bonds. The molecule has 2 aromatic rings. The van der Waals surface area contributed by atoms with E-state index in [0.29, 0.717) is 24.3 Å². The molecule has 8 nitrogen and oxygen atoms in total. The van der Waals surface area contributed by atoms with Crippen molar-refractivity contribution in [2.24, 2.45) is 0 Å². The minimum absolute atomic E-state index is 0. The molecule has 1 fully saturated rings. The number of rotatable bonds is 6. The highest BCUT2D eigenvalue weighted by Gasteiger charge is 2.32. The second-order valence-electron chi connectivity index (χ2n) is 7.14. The molecule has 0 saturated carbocycles. The van der Waals surface area contributed by atoms with Crippen LogP contribution in [0.15, 0.2) is 22.7 Å². The van der Waals surface area contributed by atoms with E-state index in [1.54, 1.807) is 19.0 Å². The highest BCUT2D eigenvalue weighted by Crippen LogP contribution is 2.33. The van der Waals surface area contributed by atoms with E-state index >= 15 is 0 Å². The molecule has 1 aromatic heterocycles. The van der Waals surface area contributed by atoms with Gasteiger partial charge in [0, 0.05) is 32.7 Å². The molecule has 1 aliphatic rings. The Bertz CT molecular complexity index is 853. The molecule has 29 heavy (non-hydrogen) atoms. The fourth-order valence-corrected chi connectivity index (χ4v) is 3.23. The van der Waals surface area contributed by atoms with E-state index in [0.717, 1.165) is 13.0 Å². The first kappa shape index (κ1) is 22.9. The van der Waals surface area contributed by atoms with Gasteiger partial charge < -0.3 is 29.9 Å². The molecule has 0 radical (unpaired) electrons. The van der Waals surface area contributed by atoms with Crippen molar-refractivity contribution >= 4 is 24.1 Å². The van der Waals surface area contributed by atoms with Crippen molar-refractivity contribution < 1.29 is 23.6 Å². The summed E-state index contributed by atoms with van der Waals surface area (Å²) >= 11 is 0. The molecule has 160 valence electrons. The number of ether oxygens (including phenoxy) is 1. The summed E-state index contributed by atoms with van der Waals surface area (Å²) in [7, 11) is 4.84. The number of piperidine rings is 1. The summed E-state index contributed by atoms with van der Waals surface area (Å²) in [6.07, 6.45) is 1.44. The van der Waals surface area contributed by atoms with Crippen LogP contribution in [0.3, 0.4) is 0 Å². The van der Waals surface area contributed by atoms with Gasteiger partial charge in [-0.15, -0.1) is 12.4 Å². The molecule has 10 heteroatoms. The van der Waals surface area contributed by atoms with Crippen LogP contribution in [-0.4, -0.2) is 62.6 Å². The monoisotopic (exact) mass is 428 g/mol. The molecule has 3 N–H and O–H groups in total. The van der Waals surface area contributed by atoms with Crippen LogP contribution in [0.5, 0.6) is 5.75 Å². The predicted molar refractivity (Wildman–Crippen MR) is 109 cm³/mol. The Balaban J connectivity index is 0.00000300. The Morgan fingerprint density at radius 1 is 1.48 bits per heavy atom. The molecular weight excluding hydrogens is 403 g/mol. The number of β-amino-alcohol motifs (C(OH)–C–C–N with tert-alkyl or cyclic N) is 1. The highest BCUT2D eigenvalue weighted by molar-refractivity contribution is 6.04. The van der Waals surface area contributed by atoms with Crippen LogP contribution >= 0.6 is 12.4 Å². The quantitative estimate of drug-likeness (QED) is 0.645. The van der Waals surface area contributed by atoms with E-state index in [1.807, 2.05) is 0 Å². The first-order valence-electron chi connectivity index (χ1n) is 9.07. The van der Waals surface area contributed by atoms with Crippen molar-refractivity contribution in [1.82, 2.24) is 15.8 Å². The van der Waals surface area contributed by atoms with Gasteiger partial charge in [-0.25, -0.2) is 4.39 Å². The van der Waals surface area contributed by atoms with Crippen LogP contribution in [0.4, 0.5) is 10.2 Å². The minimum Gasteiger partial charge on any atom is -0.494 e. The standard InChI is InChI=1S/C19H25FN4O4.ClH/c1-24(2)17-15(18(25)22-11-19(26)7-4-8-21-10-19)16(28-23-17)12-5-6-13(20)14(9-12)27-3;/h5-6,9,21,26H,4,7-8,10-11H2,1-3H3,(H,22,25);1H. The SMILES string of the molecule is COc1cc(-c2onc(N(C)C)c2C(=O)NCC2(O)CCCNC2)ccc1F.Cl. The van der Waals surface area contributed by atoms with Gasteiger partial charge in [0.25, 0.3) is 5.91 Å². The number of halogens is 2. The maximum atomic E-state index is 13.8. The normalized spacial score (nSPS) is 18.7. The first-order valence-corrected chi connectivity index (χ1v) is 9.07. The summed E-state index contributed by atoms with van der Waals surface area (Å²) in [6, 6.07) is 4.18. The third kappa shape index (κ3) is 4.98. The number of benzene rings is 1. The summed E-state index contributed by atoms with van der Waals surface area (Å²) in [4.78, 5) is 14.6. The number of carbonyl (C=O) groups is 1. The van der Waals surface area contributed by atoms with Crippen LogP contribution < -0.4 is 20.3 Å². The topological polar surface area (TPSA) is 99.9 Å². The molecule has 1 aliphatic heterocycles. The zero-order valence-electron chi connectivity index (χ0n) is 16.6. The van der Waals surface area contributed by atoms with Crippen LogP contribution in [0, 0.1) is 5.82 Å². The van der Waals surface area contributed by atoms with Gasteiger partial charge in [-0.3, -0.25) is 4.79 Å². The van der Waals surface area contributed by atoms with Gasteiger partial charge in [0.15, 0.2) is 23.1 Å². The fourth-order valence-electron chi connectivity index (χ4n) is 3.23. The van der Waals surface area contributed by atoms with E-state index in [9.17, 15) is 14.3 Å². The lowest BCUT2D eigenvalue weighted by atomic mass is 9.94. The molecule has 3 rings (SSSR count). The maximum absolute atomic E-state index is 13.8. The van der Waals surface area contributed by atoms with Gasteiger partial charge in [0.05, 0.1) is 12.7 Å². The van der Waals surface area contributed by atoms with Crippen molar-refractivity contribution in [3.63, 3.8) is 0 Å². The summed E-state index contributed by atoms with van der Waals surface area (Å²) in [5.74, 6) is -0.370. The third-order valence-corrected chi connectivity index (χ3v) is 4.77. The van der Waals surface area contributed by atoms with E-state index in [-0.39, 0.29) is 36.0 Å². The van der Waals surface area contributed by atoms with E-state index < -0.39 is 17.3 Å². The number of nitrogens with one attached hydrogen (secondary N) is 2. The van der Waals surface area contributed by atoms with Gasteiger partial charge in [-0.2, -0.15) is 0 Å². The number of carbonyl (C=O) groups excluding carboxylic acids is 1. The van der Waals surface area contributed by atoms with Crippen LogP contribution in [0.2, 0.25) is 0 Å². The smallest absolute Gasteiger partial charge is 0.259 e. The van der Waals surface area contributed by atoms with E-state index in [2.05, 4.69) is 15.8 Å². The second-order valence-corrected chi connectivity index (χ2v) is 7.14. The fraction of sp³-hybridized carbons (Fsp3) is 0.474. The number of hydrogen-bond acceptors (Lipinski definition) is 7. The summed E-state index contributed by atoms with van der Waals surface area (Å²) in [5, 5.41) is 20.5. The number of nitrogens with zero attached hydrogens (tertiary/aromatic N) is 2. The number of hydrogen-bond donors (Lipinski definition) is 3. The highest BCUT2D eigenvalue weighted by atomic mass is 35.5. The lowest BCUT2D eigenvalue weighted by Crippen LogP contribution is -2.52. The zero-order valence-corrected chi connectivity index (χ0v) is 17.4. The number of anilines is 1. The Morgan fingerprint density at radius 2 is 2.24 bits per heavy atom. The third-order valence-electron chi connectivity index (χ3n) is 4.77. The second kappa shape index (κ2) is 9.43. The van der Waals surface area contributed by atoms with Crippen molar-refractivity contribution in [2.75, 3.05) is 45.7 Å². The van der Waals surface area contributed by atoms with Crippen molar-refractivity contribution in [1.29, 1.82) is 0 Å². The van der Waals surface area contributed by atoms with Crippen LogP contribution in [0.25, 0.3) is 11.3 Å². The molecule has 1 aromatic carbocycles. The Morgan fingerprint density at radius 3 is 2.86 bits per heavy atom. The summed E-state index contributed by atoms with van der Waals surface area (Å²) in [6.45, 7) is 1.37. The van der Waals surface area contributed by atoms with Crippen LogP contribution in [-0.2, 0) is 0 Å². The van der Waals surface area contributed by atoms with Crippen molar-refractivity contribution in [2.45, 2.75) is 18.4 Å². The molecule has 1 atom stereocenters. The molecule has 0 aliphatic carbocycles. The molecule has 1 saturated heterocycles. The van der Waals surface area contributed by atoms with Gasteiger partial charge >= 0.3 is 0 Å². The molecule has 2 heterocycles. The predicted octanol–water partition coefficient (Wildman–Crippen LogP) is 1.82. The molecular formula is C19H26ClFN4O4. The molecule has 0 bridgehead atoms. The largest absolute Gasteiger partial charge is 0.494 e. The van der Waals surface area contributed by atoms with E-state index in [4.69, 9.17) is 9.26 Å². The van der Waals surface area contributed by atoms with Gasteiger partial charge in [-0.05, 0) is 37.6 Å². The lowest BCUT2D eigenvalue weighted by Gasteiger charge is -2.32. The van der Waals surface area contributed by atoms with Crippen molar-refractivity contribution in [3.05, 3.63) is 29.6 Å². The molecule has 1 unspecified atom stereocenters. The van der Waals surface area contributed by atoms with Gasteiger partial charge in [0.1, 0.15) is 5.56 Å². The summed E-state index contributed by atoms with van der Waals surface area (Å²) < 4.78 is 24.2. The first-order chi connectivity index (χ1) is 13.3. The number of amides is 1. The van der Waals surface area contributed by atoms with Crippen molar-refractivity contribution in [3.8, 4) is 17.1 Å². The maximum Gasteiger partial charge on any atom is 0.259 e. The Labute approximate surface area is 174 Å². The van der Waals surface area contributed by atoms with Gasteiger partial charge in [0.2, 0.25) is 0 Å². The Hall–Kier alpha value is -2.36. The zero-order chi connectivity index (χ0) is 20.3. The number of aliphatic hydroxyl groups is 1. The van der Waals surface area contributed by atoms with Gasteiger partial charge in [-0.1, -0.05) is 5.16 Å². The average Bonchev–Trinajstić information content (AvgIpc) is 3.13. The summed E-state index contributed by atoms with van der Waals surface area (Å²) in [5.41, 5.74) is -0.323. The van der Waals surface area contributed by atoms with E-state index in [1.165, 1.54) is 25.3 Å². The number of methoxy groups -OCH3 is 1. The number of aromatic nitrogens is 1. The Kier molecular flexibility index (Phi) is 7.45. The minimum atomic E-state index is -0.997. The lowest BCUT2D eigenvalue weighted by molar-refractivity contribution is 0.0170. The molecule has 0 spiro atoms. The average molecular weight is 429 g/mol. The van der Waals surface area contributed by atoms with Crippen LogP contribution in [0.1, 0.15) is 23.2 Å².